The van der Waals surface area contributed by atoms with Gasteiger partial charge in [-0.15, -0.1) is 0 Å². The molecule has 92 valence electrons. The molecule has 1 aliphatic rings. The largest absolute Gasteiger partial charge is 0.396 e. The molecule has 0 bridgehead atoms. The molecule has 7 heteroatoms. The summed E-state index contributed by atoms with van der Waals surface area (Å²) >= 11 is 0. The van der Waals surface area contributed by atoms with E-state index in [2.05, 4.69) is 10.0 Å². The second-order valence-electron chi connectivity index (χ2n) is 4.53. The van der Waals surface area contributed by atoms with Gasteiger partial charge in [-0.2, -0.15) is 0 Å². The van der Waals surface area contributed by atoms with Crippen LogP contribution >= 0.6 is 0 Å². The molecule has 1 fully saturated rings. The molecule has 0 radical (unpaired) electrons. The first kappa shape index (κ1) is 13.2. The zero-order valence-electron chi connectivity index (χ0n) is 9.45. The van der Waals surface area contributed by atoms with Crippen LogP contribution in [0.3, 0.4) is 0 Å². The van der Waals surface area contributed by atoms with E-state index < -0.39 is 29.8 Å². The van der Waals surface area contributed by atoms with Crippen LogP contribution < -0.4 is 5.73 Å². The van der Waals surface area contributed by atoms with Gasteiger partial charge in [-0.25, -0.2) is 0 Å². The minimum Gasteiger partial charge on any atom is -0.396 e. The van der Waals surface area contributed by atoms with Crippen molar-refractivity contribution < 1.29 is 14.9 Å². The maximum absolute atomic E-state index is 9.94. The summed E-state index contributed by atoms with van der Waals surface area (Å²) in [5.41, 5.74) is 13.3. The third kappa shape index (κ3) is 2.45. The van der Waals surface area contributed by atoms with Crippen molar-refractivity contribution in [1.82, 2.24) is 0 Å². The number of aliphatic hydroxyl groups excluding tert-OH is 2. The highest BCUT2D eigenvalue weighted by atomic mass is 16.5. The molecule has 0 aromatic heterocycles. The van der Waals surface area contributed by atoms with E-state index in [1.54, 1.807) is 13.8 Å². The van der Waals surface area contributed by atoms with Gasteiger partial charge in [0.2, 0.25) is 0 Å². The number of ether oxygens (including phenoxy) is 1. The van der Waals surface area contributed by atoms with Crippen molar-refractivity contribution in [2.75, 3.05) is 13.2 Å². The zero-order chi connectivity index (χ0) is 12.3. The van der Waals surface area contributed by atoms with Crippen LogP contribution in [0.4, 0.5) is 0 Å². The maximum atomic E-state index is 9.94. The van der Waals surface area contributed by atoms with Crippen molar-refractivity contribution in [1.29, 1.82) is 0 Å². The SMILES string of the molecule is CC1(C)O[C@H](CN=[N+]=[N-])[C@H](N)[C@@H](O)[C@@H]1CO. The Hall–Kier alpha value is -0.850. The van der Waals surface area contributed by atoms with Crippen molar-refractivity contribution in [3.63, 3.8) is 0 Å². The second-order valence-corrected chi connectivity index (χ2v) is 4.53. The molecule has 0 unspecified atom stereocenters. The highest BCUT2D eigenvalue weighted by molar-refractivity contribution is 4.99. The first-order chi connectivity index (χ1) is 7.44. The van der Waals surface area contributed by atoms with Crippen LogP contribution in [0.5, 0.6) is 0 Å². The molecule has 16 heavy (non-hydrogen) atoms. The minimum atomic E-state index is -0.868. The molecule has 0 aromatic rings. The third-order valence-electron chi connectivity index (χ3n) is 3.11. The quantitative estimate of drug-likeness (QED) is 0.352. The number of nitrogens with zero attached hydrogens (tertiary/aromatic N) is 3. The van der Waals surface area contributed by atoms with Crippen LogP contribution in [0, 0.1) is 5.92 Å². The van der Waals surface area contributed by atoms with Crippen LogP contribution in [0.1, 0.15) is 13.8 Å². The van der Waals surface area contributed by atoms with Crippen molar-refractivity contribution in [3.05, 3.63) is 10.4 Å². The van der Waals surface area contributed by atoms with E-state index in [9.17, 15) is 10.2 Å². The minimum absolute atomic E-state index is 0.0797. The van der Waals surface area contributed by atoms with E-state index in [1.807, 2.05) is 0 Å². The molecule has 1 aliphatic heterocycles. The van der Waals surface area contributed by atoms with E-state index in [1.165, 1.54) is 0 Å². The Bertz CT molecular complexity index is 290. The molecule has 0 aromatic carbocycles. The Morgan fingerprint density at radius 1 is 1.56 bits per heavy atom. The van der Waals surface area contributed by atoms with E-state index in [0.29, 0.717) is 0 Å². The summed E-state index contributed by atoms with van der Waals surface area (Å²) < 4.78 is 5.65. The van der Waals surface area contributed by atoms with Crippen molar-refractivity contribution in [3.8, 4) is 0 Å². The number of hydrogen-bond donors (Lipinski definition) is 3. The molecule has 0 aliphatic carbocycles. The molecule has 7 nitrogen and oxygen atoms in total. The lowest BCUT2D eigenvalue weighted by molar-refractivity contribution is -0.198. The number of azide groups is 1. The van der Waals surface area contributed by atoms with Gasteiger partial charge in [0.1, 0.15) is 0 Å². The molecule has 4 atom stereocenters. The molecule has 1 rings (SSSR count). The zero-order valence-corrected chi connectivity index (χ0v) is 9.45. The van der Waals surface area contributed by atoms with Crippen molar-refractivity contribution in [2.45, 2.75) is 37.7 Å². The van der Waals surface area contributed by atoms with Gasteiger partial charge >= 0.3 is 0 Å². The molecular weight excluding hydrogens is 212 g/mol. The molecule has 1 saturated heterocycles. The fourth-order valence-electron chi connectivity index (χ4n) is 2.06. The Morgan fingerprint density at radius 3 is 2.69 bits per heavy atom. The van der Waals surface area contributed by atoms with E-state index in [0.717, 1.165) is 0 Å². The molecule has 1 heterocycles. The topological polar surface area (TPSA) is 124 Å². The Balaban J connectivity index is 2.83. The van der Waals surface area contributed by atoms with Gasteiger partial charge in [-0.1, -0.05) is 5.11 Å². The number of rotatable bonds is 3. The lowest BCUT2D eigenvalue weighted by Gasteiger charge is -2.47. The first-order valence-electron chi connectivity index (χ1n) is 5.17. The highest BCUT2D eigenvalue weighted by Gasteiger charge is 2.47. The van der Waals surface area contributed by atoms with Gasteiger partial charge < -0.3 is 20.7 Å². The summed E-state index contributed by atoms with van der Waals surface area (Å²) in [7, 11) is 0. The van der Waals surface area contributed by atoms with Crippen LogP contribution in [0.25, 0.3) is 10.4 Å². The molecule has 0 amide bonds. The van der Waals surface area contributed by atoms with Gasteiger partial charge in [0.05, 0.1) is 37.0 Å². The summed E-state index contributed by atoms with van der Waals surface area (Å²) in [6.45, 7) is 3.42. The first-order valence-corrected chi connectivity index (χ1v) is 5.17. The number of aliphatic hydroxyl groups is 2. The van der Waals surface area contributed by atoms with Crippen LogP contribution in [-0.4, -0.2) is 47.2 Å². The molecule has 0 saturated carbocycles. The fourth-order valence-corrected chi connectivity index (χ4v) is 2.06. The summed E-state index contributed by atoms with van der Waals surface area (Å²) in [5.74, 6) is -0.440. The fraction of sp³-hybridized carbons (Fsp3) is 1.00. The van der Waals surface area contributed by atoms with E-state index in [4.69, 9.17) is 16.0 Å². The van der Waals surface area contributed by atoms with E-state index in [-0.39, 0.29) is 13.2 Å². The summed E-state index contributed by atoms with van der Waals surface area (Å²) in [5, 5.41) is 22.5. The predicted molar refractivity (Wildman–Crippen MR) is 57.5 cm³/mol. The predicted octanol–water partition coefficient (Wildman–Crippen LogP) is -0.229. The monoisotopic (exact) mass is 230 g/mol. The lowest BCUT2D eigenvalue weighted by Crippen LogP contribution is -2.63. The van der Waals surface area contributed by atoms with Gasteiger partial charge in [0.15, 0.2) is 0 Å². The maximum Gasteiger partial charge on any atom is 0.0815 e. The van der Waals surface area contributed by atoms with Crippen molar-refractivity contribution in [2.24, 2.45) is 16.8 Å². The normalized spacial score (nSPS) is 37.8. The van der Waals surface area contributed by atoms with Crippen LogP contribution in [0.2, 0.25) is 0 Å². The summed E-state index contributed by atoms with van der Waals surface area (Å²) in [6, 6.07) is -0.657. The average Bonchev–Trinajstić information content (AvgIpc) is 2.21. The average molecular weight is 230 g/mol. The molecule has 4 N–H and O–H groups in total. The number of nitrogens with two attached hydrogens (primary N) is 1. The smallest absolute Gasteiger partial charge is 0.0815 e. The van der Waals surface area contributed by atoms with Crippen LogP contribution in [-0.2, 0) is 4.74 Å². The van der Waals surface area contributed by atoms with Gasteiger partial charge in [-0.3, -0.25) is 0 Å². The second kappa shape index (κ2) is 4.99. The summed E-state index contributed by atoms with van der Waals surface area (Å²) in [4.78, 5) is 2.63. The Morgan fingerprint density at radius 2 is 2.19 bits per heavy atom. The highest BCUT2D eigenvalue weighted by Crippen LogP contribution is 2.33. The number of hydrogen-bond acceptors (Lipinski definition) is 5. The standard InChI is InChI=1S/C9H18N4O3/c1-9(2)5(4-14)8(15)7(10)6(16-9)3-12-13-11/h5-8,14-15H,3-4,10H2,1-2H3/t5-,6+,7-,8-/m0/s1. The Labute approximate surface area is 93.8 Å². The van der Waals surface area contributed by atoms with Crippen LogP contribution in [0.15, 0.2) is 5.11 Å². The third-order valence-corrected chi connectivity index (χ3v) is 3.11. The van der Waals surface area contributed by atoms with Crippen molar-refractivity contribution >= 4 is 0 Å². The van der Waals surface area contributed by atoms with Gasteiger partial charge in [0, 0.05) is 10.8 Å². The lowest BCUT2D eigenvalue weighted by atomic mass is 9.79. The molecule has 0 spiro atoms. The van der Waals surface area contributed by atoms with Gasteiger partial charge in [0.25, 0.3) is 0 Å². The van der Waals surface area contributed by atoms with E-state index >= 15 is 0 Å². The molecular formula is C9H18N4O3. The summed E-state index contributed by atoms with van der Waals surface area (Å²) in [6.07, 6.45) is -1.39. The van der Waals surface area contributed by atoms with Gasteiger partial charge in [-0.05, 0) is 19.4 Å². The Kier molecular flexibility index (Phi) is 4.12.